The van der Waals surface area contributed by atoms with Gasteiger partial charge in [-0.3, -0.25) is 9.59 Å². The quantitative estimate of drug-likeness (QED) is 0.556. The van der Waals surface area contributed by atoms with Gasteiger partial charge in [0, 0.05) is 0 Å². The van der Waals surface area contributed by atoms with Crippen LogP contribution in [0.4, 0.5) is 0 Å². The maximum absolute atomic E-state index is 12.0. The molecule has 6 nitrogen and oxygen atoms in total. The van der Waals surface area contributed by atoms with Crippen LogP contribution in [0.2, 0.25) is 0 Å². The van der Waals surface area contributed by atoms with Crippen molar-refractivity contribution in [3.63, 3.8) is 0 Å². The van der Waals surface area contributed by atoms with Crippen molar-refractivity contribution >= 4 is 11.9 Å². The number of methoxy groups -OCH3 is 1. The summed E-state index contributed by atoms with van der Waals surface area (Å²) < 4.78 is 4.91. The molecule has 0 aromatic carbocycles. The average Bonchev–Trinajstić information content (AvgIpc) is 2.79. The number of likely N-dealkylation sites (N-methyl/N-ethyl adjacent to an activating group) is 2. The standard InChI is InChI=1S/C13H25N3O3/c1-4-16-13(12(18)19-3)6-5-9(8-13)7-10(15-2)11(14)17/h9-10,15-16H,4-8H2,1-3H3,(H2,14,17). The highest BCUT2D eigenvalue weighted by Gasteiger charge is 2.46. The average molecular weight is 271 g/mol. The summed E-state index contributed by atoms with van der Waals surface area (Å²) in [6.45, 7) is 2.69. The van der Waals surface area contributed by atoms with Crippen LogP contribution >= 0.6 is 0 Å². The van der Waals surface area contributed by atoms with Crippen LogP contribution < -0.4 is 16.4 Å². The fourth-order valence-electron chi connectivity index (χ4n) is 3.01. The molecule has 3 atom stereocenters. The molecule has 1 aliphatic carbocycles. The van der Waals surface area contributed by atoms with Gasteiger partial charge in [-0.2, -0.15) is 0 Å². The molecule has 6 heteroatoms. The third-order valence-corrected chi connectivity index (χ3v) is 3.97. The zero-order valence-electron chi connectivity index (χ0n) is 12.0. The lowest BCUT2D eigenvalue weighted by molar-refractivity contribution is -0.148. The lowest BCUT2D eigenvalue weighted by atomic mass is 9.92. The summed E-state index contributed by atoms with van der Waals surface area (Å²) in [5.41, 5.74) is 4.74. The first-order valence-electron chi connectivity index (χ1n) is 6.79. The Bertz CT molecular complexity index is 335. The number of nitrogens with two attached hydrogens (primary N) is 1. The molecule has 4 N–H and O–H groups in total. The second-order valence-electron chi connectivity index (χ2n) is 5.19. The fourth-order valence-corrected chi connectivity index (χ4v) is 3.01. The van der Waals surface area contributed by atoms with Crippen molar-refractivity contribution in [1.29, 1.82) is 0 Å². The Morgan fingerprint density at radius 2 is 2.21 bits per heavy atom. The zero-order chi connectivity index (χ0) is 14.5. The molecule has 1 amide bonds. The van der Waals surface area contributed by atoms with Crippen LogP contribution in [0.1, 0.15) is 32.6 Å². The molecule has 1 saturated carbocycles. The van der Waals surface area contributed by atoms with E-state index in [1.165, 1.54) is 7.11 Å². The normalized spacial score (nSPS) is 28.1. The van der Waals surface area contributed by atoms with E-state index < -0.39 is 5.54 Å². The summed E-state index contributed by atoms with van der Waals surface area (Å²) in [4.78, 5) is 23.2. The van der Waals surface area contributed by atoms with Gasteiger partial charge in [-0.1, -0.05) is 6.92 Å². The van der Waals surface area contributed by atoms with E-state index in [2.05, 4.69) is 10.6 Å². The number of primary amides is 1. The Labute approximate surface area is 114 Å². The number of amides is 1. The number of hydrogen-bond donors (Lipinski definition) is 3. The van der Waals surface area contributed by atoms with Crippen molar-refractivity contribution in [3.8, 4) is 0 Å². The van der Waals surface area contributed by atoms with Gasteiger partial charge in [0.1, 0.15) is 5.54 Å². The summed E-state index contributed by atoms with van der Waals surface area (Å²) in [5.74, 6) is -0.262. The lowest BCUT2D eigenvalue weighted by Gasteiger charge is -2.27. The minimum absolute atomic E-state index is 0.211. The van der Waals surface area contributed by atoms with Crippen LogP contribution in [0.5, 0.6) is 0 Å². The summed E-state index contributed by atoms with van der Waals surface area (Å²) in [7, 11) is 3.14. The number of nitrogens with one attached hydrogen (secondary N) is 2. The minimum Gasteiger partial charge on any atom is -0.468 e. The summed E-state index contributed by atoms with van der Waals surface area (Å²) >= 11 is 0. The lowest BCUT2D eigenvalue weighted by Crippen LogP contribution is -2.51. The van der Waals surface area contributed by atoms with Gasteiger partial charge in [0.25, 0.3) is 0 Å². The predicted molar refractivity (Wildman–Crippen MR) is 72.4 cm³/mol. The third kappa shape index (κ3) is 3.67. The molecular formula is C13H25N3O3. The Morgan fingerprint density at radius 3 is 2.68 bits per heavy atom. The summed E-state index contributed by atoms with van der Waals surface area (Å²) in [6.07, 6.45) is 3.00. The molecule has 0 heterocycles. The highest BCUT2D eigenvalue weighted by Crippen LogP contribution is 2.37. The van der Waals surface area contributed by atoms with Crippen LogP contribution in [0.25, 0.3) is 0 Å². The molecule has 0 aromatic rings. The molecule has 0 bridgehead atoms. The van der Waals surface area contributed by atoms with Gasteiger partial charge >= 0.3 is 5.97 Å². The van der Waals surface area contributed by atoms with Crippen molar-refractivity contribution in [2.24, 2.45) is 11.7 Å². The Morgan fingerprint density at radius 1 is 1.53 bits per heavy atom. The number of rotatable bonds is 7. The van der Waals surface area contributed by atoms with Crippen LogP contribution in [0, 0.1) is 5.92 Å². The molecule has 0 aliphatic heterocycles. The van der Waals surface area contributed by atoms with Gasteiger partial charge in [-0.15, -0.1) is 0 Å². The van der Waals surface area contributed by atoms with E-state index in [1.807, 2.05) is 6.92 Å². The number of carbonyl (C=O) groups is 2. The van der Waals surface area contributed by atoms with E-state index in [0.717, 1.165) is 12.8 Å². The van der Waals surface area contributed by atoms with Crippen molar-refractivity contribution in [1.82, 2.24) is 10.6 Å². The molecule has 0 radical (unpaired) electrons. The highest BCUT2D eigenvalue weighted by molar-refractivity contribution is 5.81. The summed E-state index contributed by atoms with van der Waals surface area (Å²) in [6, 6.07) is -0.333. The molecule has 0 spiro atoms. The smallest absolute Gasteiger partial charge is 0.326 e. The molecule has 1 rings (SSSR count). The SMILES string of the molecule is CCNC1(C(=O)OC)CCC(CC(NC)C(N)=O)C1. The van der Waals surface area contributed by atoms with E-state index in [-0.39, 0.29) is 17.9 Å². The molecule has 3 unspecified atom stereocenters. The zero-order valence-corrected chi connectivity index (χ0v) is 12.0. The number of esters is 1. The minimum atomic E-state index is -0.593. The van der Waals surface area contributed by atoms with Gasteiger partial charge in [0.2, 0.25) is 5.91 Å². The van der Waals surface area contributed by atoms with E-state index >= 15 is 0 Å². The molecule has 110 valence electrons. The first kappa shape index (κ1) is 15.9. The van der Waals surface area contributed by atoms with Crippen molar-refractivity contribution < 1.29 is 14.3 Å². The van der Waals surface area contributed by atoms with Crippen LogP contribution in [-0.2, 0) is 14.3 Å². The second-order valence-corrected chi connectivity index (χ2v) is 5.19. The number of hydrogen-bond acceptors (Lipinski definition) is 5. The van der Waals surface area contributed by atoms with Gasteiger partial charge in [0.05, 0.1) is 13.2 Å². The van der Waals surface area contributed by atoms with Gasteiger partial charge in [-0.25, -0.2) is 0 Å². The predicted octanol–water partition coefficient (Wildman–Crippen LogP) is -0.229. The largest absolute Gasteiger partial charge is 0.468 e. The van der Waals surface area contributed by atoms with Gasteiger partial charge in [0.15, 0.2) is 0 Å². The topological polar surface area (TPSA) is 93.4 Å². The summed E-state index contributed by atoms with van der Waals surface area (Å²) in [5, 5.41) is 6.17. The molecule has 0 aromatic heterocycles. The molecule has 0 saturated heterocycles. The Hall–Kier alpha value is -1.14. The molecule has 19 heavy (non-hydrogen) atoms. The molecule has 1 aliphatic rings. The van der Waals surface area contributed by atoms with Crippen molar-refractivity contribution in [3.05, 3.63) is 0 Å². The van der Waals surface area contributed by atoms with Crippen molar-refractivity contribution in [2.45, 2.75) is 44.2 Å². The first-order valence-corrected chi connectivity index (χ1v) is 6.79. The highest BCUT2D eigenvalue weighted by atomic mass is 16.5. The maximum atomic E-state index is 12.0. The van der Waals surface area contributed by atoms with Crippen molar-refractivity contribution in [2.75, 3.05) is 20.7 Å². The van der Waals surface area contributed by atoms with Gasteiger partial charge < -0.3 is 21.1 Å². The first-order chi connectivity index (χ1) is 8.99. The van der Waals surface area contributed by atoms with E-state index in [4.69, 9.17) is 10.5 Å². The molecule has 1 fully saturated rings. The third-order valence-electron chi connectivity index (χ3n) is 3.97. The second kappa shape index (κ2) is 6.86. The van der Waals surface area contributed by atoms with Gasteiger partial charge in [-0.05, 0) is 45.2 Å². The monoisotopic (exact) mass is 271 g/mol. The fraction of sp³-hybridized carbons (Fsp3) is 0.846. The number of ether oxygens (including phenoxy) is 1. The Kier molecular flexibility index (Phi) is 5.75. The van der Waals surface area contributed by atoms with Crippen LogP contribution in [0.15, 0.2) is 0 Å². The van der Waals surface area contributed by atoms with E-state index in [0.29, 0.717) is 25.3 Å². The van der Waals surface area contributed by atoms with Crippen LogP contribution in [0.3, 0.4) is 0 Å². The number of carbonyl (C=O) groups excluding carboxylic acids is 2. The van der Waals surface area contributed by atoms with Crippen LogP contribution in [-0.4, -0.2) is 44.2 Å². The molecular weight excluding hydrogens is 246 g/mol. The maximum Gasteiger partial charge on any atom is 0.326 e. The van der Waals surface area contributed by atoms with E-state index in [9.17, 15) is 9.59 Å². The Balaban J connectivity index is 2.68. The van der Waals surface area contributed by atoms with E-state index in [1.54, 1.807) is 7.05 Å².